The fraction of sp³-hybridized carbons (Fsp3) is 0.500. The molecule has 0 fully saturated rings. The number of ether oxygens (including phenoxy) is 3. The summed E-state index contributed by atoms with van der Waals surface area (Å²) in [5, 5.41) is 10.5. The Hall–Kier alpha value is -2.41. The molecule has 0 spiro atoms. The molecule has 0 atom stereocenters. The van der Waals surface area contributed by atoms with E-state index in [4.69, 9.17) is 14.2 Å². The highest BCUT2D eigenvalue weighted by molar-refractivity contribution is 5.90. The van der Waals surface area contributed by atoms with Gasteiger partial charge in [0, 0.05) is 0 Å². The third-order valence-corrected chi connectivity index (χ3v) is 2.98. The number of rotatable bonds is 14. The highest BCUT2D eigenvalue weighted by Gasteiger charge is 2.43. The quantitative estimate of drug-likeness (QED) is 0.220. The predicted octanol–water partition coefficient (Wildman–Crippen LogP) is 1.86. The first kappa shape index (κ1) is 22.6. The van der Waals surface area contributed by atoms with Crippen LogP contribution in [0.2, 0.25) is 0 Å². The zero-order valence-electron chi connectivity index (χ0n) is 14.4. The summed E-state index contributed by atoms with van der Waals surface area (Å²) >= 11 is 0. The van der Waals surface area contributed by atoms with Gasteiger partial charge in [-0.15, -0.1) is 19.7 Å². The van der Waals surface area contributed by atoms with Crippen LogP contribution in [0.25, 0.3) is 0 Å². The molecular weight excluding hydrogens is 328 g/mol. The molecule has 0 unspecified atom stereocenters. The second-order valence-electron chi connectivity index (χ2n) is 5.19. The number of hydrogen-bond acceptors (Lipinski definition) is 7. The van der Waals surface area contributed by atoms with Crippen molar-refractivity contribution in [2.75, 3.05) is 19.8 Å². The molecule has 0 aromatic rings. The Bertz CT molecular complexity index is 454. The summed E-state index contributed by atoms with van der Waals surface area (Å²) in [5.74, 6) is -2.75. The predicted molar refractivity (Wildman–Crippen MR) is 91.5 cm³/mol. The Morgan fingerprint density at radius 3 is 1.48 bits per heavy atom. The number of hydrogen-bond donors (Lipinski definition) is 1. The van der Waals surface area contributed by atoms with Gasteiger partial charge in [0.25, 0.3) is 0 Å². The van der Waals surface area contributed by atoms with Crippen LogP contribution in [0.15, 0.2) is 38.0 Å². The summed E-state index contributed by atoms with van der Waals surface area (Å²) in [6, 6.07) is 0. The van der Waals surface area contributed by atoms with Gasteiger partial charge in [-0.25, -0.2) is 4.79 Å². The molecule has 0 rings (SSSR count). The van der Waals surface area contributed by atoms with Gasteiger partial charge in [0.1, 0.15) is 0 Å². The van der Waals surface area contributed by atoms with E-state index in [1.165, 1.54) is 6.08 Å². The Morgan fingerprint density at radius 1 is 0.760 bits per heavy atom. The molecule has 0 saturated carbocycles. The molecule has 0 radical (unpaired) electrons. The van der Waals surface area contributed by atoms with Gasteiger partial charge in [0.05, 0.1) is 32.7 Å². The standard InChI is InChI=1S/C18H26O7/c1-4-7-10-23-15(19)13-18(22,17(21)25-12-9-6-3)14-16(20)24-11-8-5-2/h4-6,22H,1-3,7-14H2. The van der Waals surface area contributed by atoms with Crippen LogP contribution in [0.5, 0.6) is 0 Å². The molecule has 0 amide bonds. The minimum Gasteiger partial charge on any atom is -0.465 e. The second kappa shape index (κ2) is 12.9. The minimum absolute atomic E-state index is 0.0261. The normalized spacial score (nSPS) is 10.4. The third kappa shape index (κ3) is 10.1. The third-order valence-electron chi connectivity index (χ3n) is 2.98. The van der Waals surface area contributed by atoms with Crippen LogP contribution in [0.1, 0.15) is 32.1 Å². The molecule has 0 saturated heterocycles. The van der Waals surface area contributed by atoms with Gasteiger partial charge < -0.3 is 19.3 Å². The molecule has 1 N–H and O–H groups in total. The molecule has 0 aliphatic carbocycles. The lowest BCUT2D eigenvalue weighted by Crippen LogP contribution is -2.45. The van der Waals surface area contributed by atoms with Crippen molar-refractivity contribution in [2.24, 2.45) is 0 Å². The first-order valence-corrected chi connectivity index (χ1v) is 7.93. The van der Waals surface area contributed by atoms with Crippen molar-refractivity contribution in [3.63, 3.8) is 0 Å². The summed E-state index contributed by atoms with van der Waals surface area (Å²) in [7, 11) is 0. The molecule has 0 aromatic carbocycles. The highest BCUT2D eigenvalue weighted by Crippen LogP contribution is 2.20. The van der Waals surface area contributed by atoms with Gasteiger partial charge in [0.2, 0.25) is 0 Å². The Morgan fingerprint density at radius 2 is 1.12 bits per heavy atom. The van der Waals surface area contributed by atoms with Crippen molar-refractivity contribution in [2.45, 2.75) is 37.7 Å². The van der Waals surface area contributed by atoms with Gasteiger partial charge in [-0.2, -0.15) is 0 Å². The maximum atomic E-state index is 12.1. The summed E-state index contributed by atoms with van der Waals surface area (Å²) in [6.07, 6.45) is 4.44. The molecule has 7 heteroatoms. The summed E-state index contributed by atoms with van der Waals surface area (Å²) in [6.45, 7) is 10.6. The summed E-state index contributed by atoms with van der Waals surface area (Å²) in [5.41, 5.74) is -2.35. The van der Waals surface area contributed by atoms with Crippen LogP contribution >= 0.6 is 0 Å². The van der Waals surface area contributed by atoms with Crippen LogP contribution in [-0.2, 0) is 28.6 Å². The van der Waals surface area contributed by atoms with E-state index in [-0.39, 0.29) is 19.8 Å². The smallest absolute Gasteiger partial charge is 0.339 e. The van der Waals surface area contributed by atoms with Crippen LogP contribution < -0.4 is 0 Å². The zero-order valence-corrected chi connectivity index (χ0v) is 14.4. The fourth-order valence-corrected chi connectivity index (χ4v) is 1.67. The maximum absolute atomic E-state index is 12.1. The average Bonchev–Trinajstić information content (AvgIpc) is 2.55. The van der Waals surface area contributed by atoms with Crippen molar-refractivity contribution >= 4 is 17.9 Å². The first-order chi connectivity index (χ1) is 11.9. The highest BCUT2D eigenvalue weighted by atomic mass is 16.6. The number of carbonyl (C=O) groups excluding carboxylic acids is 3. The van der Waals surface area contributed by atoms with E-state index in [2.05, 4.69) is 19.7 Å². The lowest BCUT2D eigenvalue weighted by atomic mass is 9.95. The van der Waals surface area contributed by atoms with Gasteiger partial charge >= 0.3 is 17.9 Å². The van der Waals surface area contributed by atoms with Crippen molar-refractivity contribution in [1.29, 1.82) is 0 Å². The van der Waals surface area contributed by atoms with Gasteiger partial charge in [-0.05, 0) is 19.3 Å². The Labute approximate surface area is 147 Å². The minimum atomic E-state index is -2.35. The van der Waals surface area contributed by atoms with E-state index >= 15 is 0 Å². The lowest BCUT2D eigenvalue weighted by molar-refractivity contribution is -0.177. The number of esters is 3. The molecule has 0 aromatic heterocycles. The SMILES string of the molecule is C=CCCOC(=O)CC(O)(CC(=O)OCCC=C)C(=O)OCCC=C. The van der Waals surface area contributed by atoms with Crippen LogP contribution in [0.3, 0.4) is 0 Å². The molecule has 0 aliphatic heterocycles. The van der Waals surface area contributed by atoms with Crippen molar-refractivity contribution < 1.29 is 33.7 Å². The van der Waals surface area contributed by atoms with Crippen LogP contribution in [0, 0.1) is 0 Å². The van der Waals surface area contributed by atoms with Gasteiger partial charge in [0.15, 0.2) is 5.60 Å². The molecule has 7 nitrogen and oxygen atoms in total. The molecule has 25 heavy (non-hydrogen) atoms. The molecule has 140 valence electrons. The Balaban J connectivity index is 4.87. The van der Waals surface area contributed by atoms with Gasteiger partial charge in [-0.3, -0.25) is 9.59 Å². The second-order valence-corrected chi connectivity index (χ2v) is 5.19. The van der Waals surface area contributed by atoms with E-state index in [1.807, 2.05) is 0 Å². The lowest BCUT2D eigenvalue weighted by Gasteiger charge is -2.24. The average molecular weight is 354 g/mol. The van der Waals surface area contributed by atoms with E-state index in [0.29, 0.717) is 19.3 Å². The van der Waals surface area contributed by atoms with Crippen molar-refractivity contribution in [1.82, 2.24) is 0 Å². The van der Waals surface area contributed by atoms with Crippen molar-refractivity contribution in [3.05, 3.63) is 38.0 Å². The molecule has 0 bridgehead atoms. The van der Waals surface area contributed by atoms with Crippen molar-refractivity contribution in [3.8, 4) is 0 Å². The number of aliphatic hydroxyl groups is 1. The maximum Gasteiger partial charge on any atom is 0.339 e. The largest absolute Gasteiger partial charge is 0.465 e. The van der Waals surface area contributed by atoms with E-state index in [9.17, 15) is 19.5 Å². The monoisotopic (exact) mass is 354 g/mol. The Kier molecular flexibility index (Phi) is 11.7. The summed E-state index contributed by atoms with van der Waals surface area (Å²) < 4.78 is 14.6. The van der Waals surface area contributed by atoms with E-state index < -0.39 is 36.4 Å². The summed E-state index contributed by atoms with van der Waals surface area (Å²) in [4.78, 5) is 35.7. The van der Waals surface area contributed by atoms with E-state index in [0.717, 1.165) is 0 Å². The fourth-order valence-electron chi connectivity index (χ4n) is 1.67. The topological polar surface area (TPSA) is 99.1 Å². The van der Waals surface area contributed by atoms with Crippen LogP contribution in [0.4, 0.5) is 0 Å². The molecule has 0 aliphatic rings. The zero-order chi connectivity index (χ0) is 19.1. The van der Waals surface area contributed by atoms with Gasteiger partial charge in [-0.1, -0.05) is 18.2 Å². The number of carbonyl (C=O) groups is 3. The molecule has 0 heterocycles. The first-order valence-electron chi connectivity index (χ1n) is 7.93. The van der Waals surface area contributed by atoms with E-state index in [1.54, 1.807) is 12.2 Å². The van der Waals surface area contributed by atoms with Crippen LogP contribution in [-0.4, -0.2) is 48.4 Å². The molecular formula is C18H26O7.